The predicted molar refractivity (Wildman–Crippen MR) is 257 cm³/mol. The SMILES string of the molecule is C1=CCCC(C2=CC=C3C4=C(C5=CCCC=C5)C=C(c5ccccc5)CC4C4(c5cc(C6=CC=CCC6)ccc5C5=C(c6ccccc6)C=C(C6=CC=CCC6)CC54)C3C2)=C1. The van der Waals surface area contributed by atoms with Crippen LogP contribution in [0.5, 0.6) is 0 Å². The molecule has 4 atom stereocenters. The Morgan fingerprint density at radius 3 is 1.77 bits per heavy atom. The summed E-state index contributed by atoms with van der Waals surface area (Å²) in [5.41, 5.74) is 25.4. The normalized spacial score (nSPS) is 27.2. The van der Waals surface area contributed by atoms with Gasteiger partial charge in [0.15, 0.2) is 0 Å². The van der Waals surface area contributed by atoms with E-state index in [0.29, 0.717) is 17.8 Å². The smallest absolute Gasteiger partial charge is 0.0175 e. The Morgan fingerprint density at radius 1 is 0.443 bits per heavy atom. The van der Waals surface area contributed by atoms with E-state index in [1.165, 1.54) is 61.3 Å². The molecule has 0 amide bonds. The molecule has 0 heterocycles. The Hall–Kier alpha value is -5.98. The number of hydrogen-bond donors (Lipinski definition) is 0. The summed E-state index contributed by atoms with van der Waals surface area (Å²) in [6, 6.07) is 30.6. The molecule has 4 unspecified atom stereocenters. The van der Waals surface area contributed by atoms with Crippen LogP contribution in [0.4, 0.5) is 0 Å². The maximum Gasteiger partial charge on any atom is 0.0175 e. The van der Waals surface area contributed by atoms with Gasteiger partial charge in [-0.2, -0.15) is 0 Å². The Balaban J connectivity index is 1.18. The van der Waals surface area contributed by atoms with Crippen LogP contribution in [0.1, 0.15) is 98.4 Å². The summed E-state index contributed by atoms with van der Waals surface area (Å²) in [6.45, 7) is 0. The highest BCUT2D eigenvalue weighted by atomic mass is 14.7. The molecular weight excluding hydrogens is 733 g/mol. The molecule has 0 N–H and O–H groups in total. The number of rotatable bonds is 6. The second-order valence-corrected chi connectivity index (χ2v) is 18.6. The molecule has 1 saturated carbocycles. The fraction of sp³-hybridized carbons (Fsp3) is 0.246. The average molecular weight is 787 g/mol. The van der Waals surface area contributed by atoms with Crippen LogP contribution in [0.2, 0.25) is 0 Å². The maximum absolute atomic E-state index is 2.73. The summed E-state index contributed by atoms with van der Waals surface area (Å²) in [5, 5.41) is 0. The van der Waals surface area contributed by atoms with E-state index in [1.807, 2.05) is 0 Å². The summed E-state index contributed by atoms with van der Waals surface area (Å²) in [6.07, 6.45) is 51.1. The summed E-state index contributed by atoms with van der Waals surface area (Å²) in [7, 11) is 0. The molecule has 0 bridgehead atoms. The first-order valence-corrected chi connectivity index (χ1v) is 23.3. The molecule has 0 radical (unpaired) electrons. The molecule has 0 saturated heterocycles. The van der Waals surface area contributed by atoms with Crippen LogP contribution in [0, 0.1) is 17.8 Å². The van der Waals surface area contributed by atoms with Gasteiger partial charge in [-0.3, -0.25) is 0 Å². The van der Waals surface area contributed by atoms with E-state index in [4.69, 9.17) is 0 Å². The number of fused-ring (bicyclic) bond motifs is 10. The van der Waals surface area contributed by atoms with E-state index < -0.39 is 0 Å². The van der Waals surface area contributed by atoms with Crippen LogP contribution in [0.25, 0.3) is 22.3 Å². The summed E-state index contributed by atoms with van der Waals surface area (Å²) in [4.78, 5) is 0. The lowest BCUT2D eigenvalue weighted by Crippen LogP contribution is -2.43. The van der Waals surface area contributed by atoms with E-state index in [9.17, 15) is 0 Å². The van der Waals surface area contributed by atoms with E-state index in [-0.39, 0.29) is 5.41 Å². The lowest BCUT2D eigenvalue weighted by Gasteiger charge is -2.46. The molecule has 1 fully saturated rings. The first-order chi connectivity index (χ1) is 30.3. The molecule has 12 rings (SSSR count). The molecule has 0 aromatic heterocycles. The lowest BCUT2D eigenvalue weighted by molar-refractivity contribution is 0.206. The number of benzene rings is 3. The monoisotopic (exact) mass is 786 g/mol. The molecule has 61 heavy (non-hydrogen) atoms. The Labute approximate surface area is 363 Å². The second kappa shape index (κ2) is 15.2. The quantitative estimate of drug-likeness (QED) is 0.233. The maximum atomic E-state index is 2.73. The van der Waals surface area contributed by atoms with Crippen LogP contribution in [0.3, 0.4) is 0 Å². The van der Waals surface area contributed by atoms with Gasteiger partial charge in [-0.15, -0.1) is 0 Å². The highest BCUT2D eigenvalue weighted by Crippen LogP contribution is 2.73. The standard InChI is InChI=1S/C61H54/c1-7-19-41(20-8-1)47-31-33-51-55(37-47)61(57-39-49(43-23-11-3-12-24-43)35-53(59(51)57)45-27-15-5-16-28-45)56-38-48(42-21-9-2-10-22-42)32-34-52(56)60-54(46-29-17-6-18-30-46)36-50(40-58(60)61)44-25-13-4-14-26-44/h1-5,7,9,11,13-17,19,21,23,25-37,56-58H,6,8,10,12,18,20,22,24,38-40H2. The average Bonchev–Trinajstić information content (AvgIpc) is 3.81. The van der Waals surface area contributed by atoms with Crippen molar-refractivity contribution in [2.24, 2.45) is 17.8 Å². The van der Waals surface area contributed by atoms with Gasteiger partial charge in [-0.05, 0) is 177 Å². The zero-order valence-corrected chi connectivity index (χ0v) is 35.3. The van der Waals surface area contributed by atoms with E-state index in [1.54, 1.807) is 33.4 Å². The van der Waals surface area contributed by atoms with E-state index in [0.717, 1.165) is 70.6 Å². The first kappa shape index (κ1) is 36.8. The van der Waals surface area contributed by atoms with Crippen molar-refractivity contribution in [3.05, 3.63) is 248 Å². The third kappa shape index (κ3) is 6.01. The van der Waals surface area contributed by atoms with Crippen molar-refractivity contribution < 1.29 is 0 Å². The highest BCUT2D eigenvalue weighted by molar-refractivity contribution is 6.03. The van der Waals surface area contributed by atoms with Gasteiger partial charge in [-0.25, -0.2) is 0 Å². The summed E-state index contributed by atoms with van der Waals surface area (Å²) >= 11 is 0. The minimum absolute atomic E-state index is 0.152. The van der Waals surface area contributed by atoms with Crippen LogP contribution < -0.4 is 0 Å². The number of hydrogen-bond acceptors (Lipinski definition) is 0. The van der Waals surface area contributed by atoms with Crippen LogP contribution in [0.15, 0.2) is 221 Å². The number of allylic oxidation sites excluding steroid dienone is 28. The van der Waals surface area contributed by atoms with Gasteiger partial charge >= 0.3 is 0 Å². The molecule has 1 spiro atoms. The highest BCUT2D eigenvalue weighted by Gasteiger charge is 2.66. The molecule has 9 aliphatic carbocycles. The zero-order chi connectivity index (χ0) is 40.3. The van der Waals surface area contributed by atoms with Gasteiger partial charge in [-0.1, -0.05) is 176 Å². The van der Waals surface area contributed by atoms with Crippen molar-refractivity contribution in [1.82, 2.24) is 0 Å². The van der Waals surface area contributed by atoms with Crippen molar-refractivity contribution in [2.45, 2.75) is 76.0 Å². The van der Waals surface area contributed by atoms with Gasteiger partial charge in [0.1, 0.15) is 0 Å². The van der Waals surface area contributed by atoms with Crippen molar-refractivity contribution >= 4 is 22.3 Å². The molecule has 298 valence electrons. The van der Waals surface area contributed by atoms with Crippen LogP contribution >= 0.6 is 0 Å². The zero-order valence-electron chi connectivity index (χ0n) is 35.3. The fourth-order valence-electron chi connectivity index (χ4n) is 13.0. The van der Waals surface area contributed by atoms with Crippen molar-refractivity contribution in [2.75, 3.05) is 0 Å². The summed E-state index contributed by atoms with van der Waals surface area (Å²) in [5.74, 6) is 0.985. The lowest BCUT2D eigenvalue weighted by atomic mass is 9.55. The van der Waals surface area contributed by atoms with Crippen molar-refractivity contribution in [3.8, 4) is 0 Å². The van der Waals surface area contributed by atoms with Gasteiger partial charge in [0.2, 0.25) is 0 Å². The van der Waals surface area contributed by atoms with Gasteiger partial charge in [0, 0.05) is 11.3 Å². The molecule has 9 aliphatic rings. The molecule has 0 aliphatic heterocycles. The largest absolute Gasteiger partial charge is 0.0842 e. The minimum Gasteiger partial charge on any atom is -0.0842 e. The van der Waals surface area contributed by atoms with Gasteiger partial charge in [0.05, 0.1) is 0 Å². The van der Waals surface area contributed by atoms with Gasteiger partial charge in [0.25, 0.3) is 0 Å². The Bertz CT molecular complexity index is 2800. The third-order valence-corrected chi connectivity index (χ3v) is 15.6. The minimum atomic E-state index is -0.152. The molecular formula is C61H54. The summed E-state index contributed by atoms with van der Waals surface area (Å²) < 4.78 is 0. The van der Waals surface area contributed by atoms with Crippen molar-refractivity contribution in [3.63, 3.8) is 0 Å². The molecule has 3 aromatic carbocycles. The topological polar surface area (TPSA) is 0 Å². The fourth-order valence-corrected chi connectivity index (χ4v) is 13.0. The van der Waals surface area contributed by atoms with Crippen LogP contribution in [-0.4, -0.2) is 0 Å². The Morgan fingerprint density at radius 2 is 1.08 bits per heavy atom. The Kier molecular flexibility index (Phi) is 9.17. The van der Waals surface area contributed by atoms with Crippen LogP contribution in [-0.2, 0) is 5.41 Å². The first-order valence-electron chi connectivity index (χ1n) is 23.3. The third-order valence-electron chi connectivity index (χ3n) is 15.6. The molecule has 0 nitrogen and oxygen atoms in total. The second-order valence-electron chi connectivity index (χ2n) is 18.6. The molecule has 3 aromatic rings. The van der Waals surface area contributed by atoms with E-state index >= 15 is 0 Å². The van der Waals surface area contributed by atoms with Gasteiger partial charge < -0.3 is 0 Å². The predicted octanol–water partition coefficient (Wildman–Crippen LogP) is 15.6. The molecule has 0 heteroatoms. The van der Waals surface area contributed by atoms with Crippen molar-refractivity contribution in [1.29, 1.82) is 0 Å². The van der Waals surface area contributed by atoms with E-state index in [2.05, 4.69) is 176 Å².